The van der Waals surface area contributed by atoms with Crippen LogP contribution in [-0.4, -0.2) is 41.8 Å². The molecule has 1 heterocycles. The molecule has 0 bridgehead atoms. The number of hydrogen-bond donors (Lipinski definition) is 1. The third-order valence-electron chi connectivity index (χ3n) is 6.76. The fourth-order valence-electron chi connectivity index (χ4n) is 4.76. The van der Waals surface area contributed by atoms with Gasteiger partial charge in [0.2, 0.25) is 11.8 Å². The molecular weight excluding hydrogens is 438 g/mol. The summed E-state index contributed by atoms with van der Waals surface area (Å²) < 4.78 is 0. The van der Waals surface area contributed by atoms with E-state index in [9.17, 15) is 14.4 Å². The van der Waals surface area contributed by atoms with Gasteiger partial charge in [-0.05, 0) is 48.4 Å². The van der Waals surface area contributed by atoms with E-state index in [1.165, 1.54) is 0 Å². The van der Waals surface area contributed by atoms with Gasteiger partial charge >= 0.3 is 0 Å². The van der Waals surface area contributed by atoms with Crippen molar-refractivity contribution in [3.8, 4) is 0 Å². The van der Waals surface area contributed by atoms with Gasteiger partial charge in [-0.15, -0.1) is 0 Å². The lowest BCUT2D eigenvalue weighted by Crippen LogP contribution is -2.52. The van der Waals surface area contributed by atoms with Crippen LogP contribution in [0.5, 0.6) is 0 Å². The van der Waals surface area contributed by atoms with Crippen LogP contribution in [0.15, 0.2) is 60.7 Å². The summed E-state index contributed by atoms with van der Waals surface area (Å²) in [7, 11) is 0. The largest absolute Gasteiger partial charge is 0.354 e. The number of anilines is 1. The van der Waals surface area contributed by atoms with E-state index in [0.29, 0.717) is 25.1 Å². The molecule has 6 nitrogen and oxygen atoms in total. The Bertz CT molecular complexity index is 1250. The minimum absolute atomic E-state index is 0.114. The van der Waals surface area contributed by atoms with Gasteiger partial charge in [-0.25, -0.2) is 0 Å². The van der Waals surface area contributed by atoms with E-state index in [-0.39, 0.29) is 24.3 Å². The van der Waals surface area contributed by atoms with Gasteiger partial charge in [-0.1, -0.05) is 68.8 Å². The van der Waals surface area contributed by atoms with E-state index in [1.807, 2.05) is 68.4 Å². The molecule has 3 aromatic rings. The van der Waals surface area contributed by atoms with Gasteiger partial charge in [-0.3, -0.25) is 19.3 Å². The average Bonchev–Trinajstić information content (AvgIpc) is 3.13. The van der Waals surface area contributed by atoms with Crippen LogP contribution in [-0.2, 0) is 16.1 Å². The minimum atomic E-state index is -0.616. The van der Waals surface area contributed by atoms with E-state index >= 15 is 0 Å². The van der Waals surface area contributed by atoms with Gasteiger partial charge < -0.3 is 10.2 Å². The maximum Gasteiger partial charge on any atom is 0.259 e. The number of nitrogens with zero attached hydrogens (tertiary/aromatic N) is 2. The minimum Gasteiger partial charge on any atom is -0.354 e. The first-order chi connectivity index (χ1) is 17.0. The highest BCUT2D eigenvalue weighted by Crippen LogP contribution is 2.37. The van der Waals surface area contributed by atoms with Gasteiger partial charge in [0, 0.05) is 24.0 Å². The topological polar surface area (TPSA) is 69.7 Å². The lowest BCUT2D eigenvalue weighted by Gasteiger charge is -2.32. The molecule has 0 aromatic heterocycles. The molecule has 1 aliphatic rings. The van der Waals surface area contributed by atoms with Gasteiger partial charge in [-0.2, -0.15) is 0 Å². The van der Waals surface area contributed by atoms with Gasteiger partial charge in [0.05, 0.1) is 5.69 Å². The van der Waals surface area contributed by atoms with Crippen molar-refractivity contribution in [2.45, 2.75) is 52.6 Å². The second kappa shape index (κ2) is 10.7. The van der Waals surface area contributed by atoms with Crippen LogP contribution in [0, 0.1) is 6.92 Å². The monoisotopic (exact) mass is 471 g/mol. The smallest absolute Gasteiger partial charge is 0.259 e. The van der Waals surface area contributed by atoms with Gasteiger partial charge in [0.25, 0.3) is 5.91 Å². The predicted molar refractivity (Wildman–Crippen MR) is 139 cm³/mol. The third-order valence-corrected chi connectivity index (χ3v) is 6.76. The summed E-state index contributed by atoms with van der Waals surface area (Å²) in [5.74, 6) is -0.577. The summed E-state index contributed by atoms with van der Waals surface area (Å²) in [6, 6.07) is 18.7. The number of aryl methyl sites for hydroxylation is 1. The first-order valence-corrected chi connectivity index (χ1v) is 12.4. The Hall–Kier alpha value is -3.67. The van der Waals surface area contributed by atoms with Crippen LogP contribution in [0.3, 0.4) is 0 Å². The van der Waals surface area contributed by atoms with E-state index < -0.39 is 6.04 Å². The fraction of sp³-hybridized carbons (Fsp3) is 0.345. The highest BCUT2D eigenvalue weighted by atomic mass is 16.2. The molecule has 0 radical (unpaired) electrons. The Balaban J connectivity index is 1.63. The van der Waals surface area contributed by atoms with Crippen molar-refractivity contribution < 1.29 is 14.4 Å². The van der Waals surface area contributed by atoms with Crippen molar-refractivity contribution in [2.75, 3.05) is 18.0 Å². The van der Waals surface area contributed by atoms with Crippen molar-refractivity contribution in [3.05, 3.63) is 77.4 Å². The van der Waals surface area contributed by atoms with Crippen LogP contribution in [0.25, 0.3) is 10.8 Å². The summed E-state index contributed by atoms with van der Waals surface area (Å²) in [4.78, 5) is 43.4. The number of benzene rings is 3. The molecule has 0 fully saturated rings. The Labute approximate surface area is 206 Å². The molecule has 0 aliphatic carbocycles. The third kappa shape index (κ3) is 4.92. The lowest BCUT2D eigenvalue weighted by molar-refractivity contribution is -0.140. The lowest BCUT2D eigenvalue weighted by atomic mass is 10.1. The molecule has 3 aromatic carbocycles. The second-order valence-electron chi connectivity index (χ2n) is 9.09. The number of unbranched alkanes of at least 4 members (excludes halogenated alkanes) is 1. The van der Waals surface area contributed by atoms with Gasteiger partial charge in [0.15, 0.2) is 0 Å². The van der Waals surface area contributed by atoms with Crippen molar-refractivity contribution >= 4 is 34.2 Å². The molecular formula is C29H33N3O3. The molecule has 1 atom stereocenters. The first kappa shape index (κ1) is 24.5. The number of rotatable bonds is 10. The Morgan fingerprint density at radius 3 is 2.46 bits per heavy atom. The molecule has 0 unspecified atom stereocenters. The van der Waals surface area contributed by atoms with Crippen LogP contribution < -0.4 is 10.2 Å². The van der Waals surface area contributed by atoms with Crippen LogP contribution in [0.1, 0.15) is 54.6 Å². The quantitative estimate of drug-likeness (QED) is 0.431. The van der Waals surface area contributed by atoms with Crippen LogP contribution in [0.4, 0.5) is 5.69 Å². The number of carbonyl (C=O) groups is 3. The fourth-order valence-corrected chi connectivity index (χ4v) is 4.76. The molecule has 0 saturated carbocycles. The number of hydrogen-bond acceptors (Lipinski definition) is 3. The maximum absolute atomic E-state index is 13.8. The first-order valence-electron chi connectivity index (χ1n) is 12.4. The van der Waals surface area contributed by atoms with Crippen molar-refractivity contribution in [1.82, 2.24) is 10.2 Å². The zero-order valence-corrected chi connectivity index (χ0v) is 20.7. The standard InChI is InChI=1S/C29H33N3O3/c1-4-6-17-30-28(34)24(5-2)31(18-22-12-8-7-11-20(22)3)26(33)19-32-25-16-10-14-21-13-9-15-23(27(21)25)29(32)35/h7-16,24H,4-6,17-19H2,1-3H3,(H,30,34)/t24-/m0/s1. The molecule has 1 aliphatic heterocycles. The molecule has 1 N–H and O–H groups in total. The van der Waals surface area contributed by atoms with E-state index in [4.69, 9.17) is 0 Å². The summed E-state index contributed by atoms with van der Waals surface area (Å²) >= 11 is 0. The van der Waals surface area contributed by atoms with Crippen molar-refractivity contribution in [2.24, 2.45) is 0 Å². The van der Waals surface area contributed by atoms with E-state index in [2.05, 4.69) is 12.2 Å². The Kier molecular flexibility index (Phi) is 7.49. The highest BCUT2D eigenvalue weighted by molar-refractivity contribution is 6.26. The van der Waals surface area contributed by atoms with Crippen LogP contribution >= 0.6 is 0 Å². The van der Waals surface area contributed by atoms with E-state index in [0.717, 1.165) is 40.4 Å². The summed E-state index contributed by atoms with van der Waals surface area (Å²) in [5.41, 5.74) is 3.40. The van der Waals surface area contributed by atoms with Crippen molar-refractivity contribution in [3.63, 3.8) is 0 Å². The predicted octanol–water partition coefficient (Wildman–Crippen LogP) is 4.83. The molecule has 0 spiro atoms. The normalized spacial score (nSPS) is 13.2. The molecule has 182 valence electrons. The number of nitrogens with one attached hydrogen (secondary N) is 1. The summed E-state index contributed by atoms with van der Waals surface area (Å²) in [6.45, 7) is 6.77. The summed E-state index contributed by atoms with van der Waals surface area (Å²) in [5, 5.41) is 4.84. The van der Waals surface area contributed by atoms with Crippen LogP contribution in [0.2, 0.25) is 0 Å². The van der Waals surface area contributed by atoms with Gasteiger partial charge in [0.1, 0.15) is 12.6 Å². The number of carbonyl (C=O) groups excluding carboxylic acids is 3. The average molecular weight is 472 g/mol. The molecule has 0 saturated heterocycles. The maximum atomic E-state index is 13.8. The SMILES string of the molecule is CCCCNC(=O)[C@H](CC)N(Cc1ccccc1C)C(=O)CN1C(=O)c2cccc3cccc1c23. The molecule has 6 heteroatoms. The molecule has 3 amide bonds. The Morgan fingerprint density at radius 1 is 1.00 bits per heavy atom. The molecule has 4 rings (SSSR count). The number of amides is 3. The zero-order chi connectivity index (χ0) is 24.9. The second-order valence-corrected chi connectivity index (χ2v) is 9.09. The van der Waals surface area contributed by atoms with Crippen molar-refractivity contribution in [1.29, 1.82) is 0 Å². The molecule has 35 heavy (non-hydrogen) atoms. The highest BCUT2D eigenvalue weighted by Gasteiger charge is 2.35. The zero-order valence-electron chi connectivity index (χ0n) is 20.7. The summed E-state index contributed by atoms with van der Waals surface area (Å²) in [6.07, 6.45) is 2.35. The van der Waals surface area contributed by atoms with E-state index in [1.54, 1.807) is 15.9 Å². The Morgan fingerprint density at radius 2 is 1.74 bits per heavy atom.